The summed E-state index contributed by atoms with van der Waals surface area (Å²) in [5.41, 5.74) is 1.51. The highest BCUT2D eigenvalue weighted by atomic mass is 32.2. The van der Waals surface area contributed by atoms with Crippen LogP contribution < -0.4 is 10.0 Å². The van der Waals surface area contributed by atoms with Gasteiger partial charge in [-0.2, -0.15) is 0 Å². The van der Waals surface area contributed by atoms with Crippen LogP contribution in [0.25, 0.3) is 0 Å². The van der Waals surface area contributed by atoms with E-state index < -0.39 is 16.1 Å². The van der Waals surface area contributed by atoms with E-state index in [4.69, 9.17) is 0 Å². The Labute approximate surface area is 155 Å². The van der Waals surface area contributed by atoms with E-state index in [0.29, 0.717) is 25.2 Å². The van der Waals surface area contributed by atoms with Crippen molar-refractivity contribution in [2.24, 2.45) is 5.92 Å². The molecule has 1 fully saturated rings. The summed E-state index contributed by atoms with van der Waals surface area (Å²) in [6.45, 7) is 5.02. The second kappa shape index (κ2) is 8.64. The van der Waals surface area contributed by atoms with Gasteiger partial charge in [-0.05, 0) is 44.7 Å². The zero-order valence-electron chi connectivity index (χ0n) is 15.5. The molecular formula is C18H27N3O4S. The Bertz CT molecular complexity index is 763. The van der Waals surface area contributed by atoms with Gasteiger partial charge < -0.3 is 10.2 Å². The van der Waals surface area contributed by atoms with Crippen LogP contribution in [0, 0.1) is 12.8 Å². The number of likely N-dealkylation sites (tertiary alicyclic amines) is 1. The fraction of sp³-hybridized carbons (Fsp3) is 0.556. The number of amides is 2. The van der Waals surface area contributed by atoms with Crippen LogP contribution in [0.5, 0.6) is 0 Å². The molecule has 0 radical (unpaired) electrons. The molecule has 0 bridgehead atoms. The van der Waals surface area contributed by atoms with Gasteiger partial charge in [-0.25, -0.2) is 13.1 Å². The first-order valence-corrected chi connectivity index (χ1v) is 10.7. The molecule has 2 N–H and O–H groups in total. The minimum absolute atomic E-state index is 0.0853. The first-order valence-electron chi connectivity index (χ1n) is 8.76. The Morgan fingerprint density at radius 1 is 1.35 bits per heavy atom. The molecule has 0 aliphatic carbocycles. The van der Waals surface area contributed by atoms with Gasteiger partial charge in [0.15, 0.2) is 0 Å². The van der Waals surface area contributed by atoms with Crippen molar-refractivity contribution in [3.05, 3.63) is 35.4 Å². The number of nitrogens with zero attached hydrogens (tertiary/aromatic N) is 1. The standard InChI is InChI=1S/C18H27N3O4S/c1-13-6-4-8-16(10-13)17(22)20-14(2)18(23)21-9-5-7-15(12-21)11-19-26(3,24)25/h4,6,8,10,14-15,19H,5,7,9,11-12H2,1-3H3,(H,20,22). The van der Waals surface area contributed by atoms with Crippen molar-refractivity contribution in [2.75, 3.05) is 25.9 Å². The quantitative estimate of drug-likeness (QED) is 0.765. The van der Waals surface area contributed by atoms with Crippen molar-refractivity contribution in [3.8, 4) is 0 Å². The summed E-state index contributed by atoms with van der Waals surface area (Å²) in [7, 11) is -3.24. The van der Waals surface area contributed by atoms with E-state index in [1.54, 1.807) is 30.0 Å². The van der Waals surface area contributed by atoms with Crippen LogP contribution in [-0.4, -0.2) is 57.1 Å². The van der Waals surface area contributed by atoms with E-state index in [-0.39, 0.29) is 17.7 Å². The Hall–Kier alpha value is -1.93. The molecule has 1 aliphatic rings. The van der Waals surface area contributed by atoms with Crippen LogP contribution in [0.3, 0.4) is 0 Å². The van der Waals surface area contributed by atoms with Crippen molar-refractivity contribution < 1.29 is 18.0 Å². The van der Waals surface area contributed by atoms with E-state index in [9.17, 15) is 18.0 Å². The molecule has 144 valence electrons. The number of carbonyl (C=O) groups is 2. The lowest BCUT2D eigenvalue weighted by Gasteiger charge is -2.34. The van der Waals surface area contributed by atoms with Crippen LogP contribution >= 0.6 is 0 Å². The third-order valence-corrected chi connectivity index (χ3v) is 5.15. The molecule has 1 aliphatic heterocycles. The Balaban J connectivity index is 1.91. The van der Waals surface area contributed by atoms with Crippen molar-refractivity contribution >= 4 is 21.8 Å². The Morgan fingerprint density at radius 3 is 2.73 bits per heavy atom. The zero-order chi connectivity index (χ0) is 19.3. The number of hydrogen-bond donors (Lipinski definition) is 2. The highest BCUT2D eigenvalue weighted by Gasteiger charge is 2.28. The number of nitrogens with one attached hydrogen (secondary N) is 2. The average Bonchev–Trinajstić information content (AvgIpc) is 2.59. The SMILES string of the molecule is Cc1cccc(C(=O)NC(C)C(=O)N2CCCC(CNS(C)(=O)=O)C2)c1. The van der Waals surface area contributed by atoms with Crippen molar-refractivity contribution in [1.29, 1.82) is 0 Å². The minimum Gasteiger partial charge on any atom is -0.341 e. The molecule has 1 aromatic rings. The lowest BCUT2D eigenvalue weighted by Crippen LogP contribution is -2.51. The van der Waals surface area contributed by atoms with Crippen molar-refractivity contribution in [3.63, 3.8) is 0 Å². The maximum atomic E-state index is 12.7. The second-order valence-electron chi connectivity index (χ2n) is 6.98. The molecule has 2 amide bonds. The lowest BCUT2D eigenvalue weighted by atomic mass is 9.98. The molecule has 1 heterocycles. The monoisotopic (exact) mass is 381 g/mol. The van der Waals surface area contributed by atoms with E-state index in [1.807, 2.05) is 13.0 Å². The van der Waals surface area contributed by atoms with Gasteiger partial charge in [-0.1, -0.05) is 17.7 Å². The molecule has 2 atom stereocenters. The molecule has 1 aromatic carbocycles. The van der Waals surface area contributed by atoms with Crippen LogP contribution in [0.2, 0.25) is 0 Å². The number of piperidine rings is 1. The third-order valence-electron chi connectivity index (χ3n) is 4.46. The fourth-order valence-corrected chi connectivity index (χ4v) is 3.64. The first-order chi connectivity index (χ1) is 12.2. The molecule has 26 heavy (non-hydrogen) atoms. The molecule has 7 nitrogen and oxygen atoms in total. The molecule has 0 aromatic heterocycles. The summed E-state index contributed by atoms with van der Waals surface area (Å²) < 4.78 is 25.0. The molecule has 2 unspecified atom stereocenters. The Kier molecular flexibility index (Phi) is 6.77. The van der Waals surface area contributed by atoms with Gasteiger partial charge in [0, 0.05) is 25.2 Å². The molecule has 0 saturated carbocycles. The van der Waals surface area contributed by atoms with Gasteiger partial charge >= 0.3 is 0 Å². The smallest absolute Gasteiger partial charge is 0.251 e. The number of aryl methyl sites for hydroxylation is 1. The molecule has 8 heteroatoms. The number of carbonyl (C=O) groups excluding carboxylic acids is 2. The number of rotatable bonds is 6. The van der Waals surface area contributed by atoms with Gasteiger partial charge in [-0.15, -0.1) is 0 Å². The van der Waals surface area contributed by atoms with Gasteiger partial charge in [0.2, 0.25) is 15.9 Å². The maximum Gasteiger partial charge on any atom is 0.251 e. The predicted octanol–water partition coefficient (Wildman–Crippen LogP) is 0.901. The normalized spacial score (nSPS) is 19.0. The van der Waals surface area contributed by atoms with Crippen molar-refractivity contribution in [2.45, 2.75) is 32.7 Å². The summed E-state index contributed by atoms with van der Waals surface area (Å²) in [4.78, 5) is 26.7. The molecule has 0 spiro atoms. The molecule has 2 rings (SSSR count). The largest absolute Gasteiger partial charge is 0.341 e. The van der Waals surface area contributed by atoms with Crippen LogP contribution in [0.1, 0.15) is 35.7 Å². The van der Waals surface area contributed by atoms with E-state index >= 15 is 0 Å². The number of benzene rings is 1. The minimum atomic E-state index is -3.24. The number of hydrogen-bond acceptors (Lipinski definition) is 4. The summed E-state index contributed by atoms with van der Waals surface area (Å²) in [6.07, 6.45) is 2.82. The van der Waals surface area contributed by atoms with Gasteiger partial charge in [0.1, 0.15) is 6.04 Å². The maximum absolute atomic E-state index is 12.7. The van der Waals surface area contributed by atoms with E-state index in [1.165, 1.54) is 0 Å². The highest BCUT2D eigenvalue weighted by Crippen LogP contribution is 2.17. The Morgan fingerprint density at radius 2 is 2.08 bits per heavy atom. The summed E-state index contributed by atoms with van der Waals surface area (Å²) in [5.74, 6) is -0.334. The van der Waals surface area contributed by atoms with E-state index in [0.717, 1.165) is 24.7 Å². The van der Waals surface area contributed by atoms with Gasteiger partial charge in [0.25, 0.3) is 5.91 Å². The highest BCUT2D eigenvalue weighted by molar-refractivity contribution is 7.88. The second-order valence-corrected chi connectivity index (χ2v) is 8.81. The zero-order valence-corrected chi connectivity index (χ0v) is 16.3. The van der Waals surface area contributed by atoms with Crippen LogP contribution in [0.4, 0.5) is 0 Å². The van der Waals surface area contributed by atoms with Crippen LogP contribution in [0.15, 0.2) is 24.3 Å². The fourth-order valence-electron chi connectivity index (χ4n) is 3.10. The van der Waals surface area contributed by atoms with E-state index in [2.05, 4.69) is 10.0 Å². The third kappa shape index (κ3) is 6.10. The topological polar surface area (TPSA) is 95.6 Å². The average molecular weight is 381 g/mol. The van der Waals surface area contributed by atoms with Crippen molar-refractivity contribution in [1.82, 2.24) is 14.9 Å². The van der Waals surface area contributed by atoms with Crippen LogP contribution in [-0.2, 0) is 14.8 Å². The summed E-state index contributed by atoms with van der Waals surface area (Å²) in [6, 6.07) is 6.57. The summed E-state index contributed by atoms with van der Waals surface area (Å²) in [5, 5.41) is 2.75. The van der Waals surface area contributed by atoms with Gasteiger partial charge in [-0.3, -0.25) is 9.59 Å². The first kappa shape index (κ1) is 20.4. The summed E-state index contributed by atoms with van der Waals surface area (Å²) >= 11 is 0. The predicted molar refractivity (Wildman–Crippen MR) is 100 cm³/mol. The lowest BCUT2D eigenvalue weighted by molar-refractivity contribution is -0.134. The number of sulfonamides is 1. The molecule has 1 saturated heterocycles. The molecular weight excluding hydrogens is 354 g/mol. The van der Waals surface area contributed by atoms with Gasteiger partial charge in [0.05, 0.1) is 6.26 Å².